The molecule has 0 aliphatic carbocycles. The molecule has 2 aromatic carbocycles. The molecular formula is C18H21FN2. The van der Waals surface area contributed by atoms with Crippen LogP contribution in [0.25, 0.3) is 0 Å². The monoisotopic (exact) mass is 284 g/mol. The molecule has 1 aliphatic heterocycles. The van der Waals surface area contributed by atoms with E-state index in [0.29, 0.717) is 19.0 Å². The van der Waals surface area contributed by atoms with Crippen molar-refractivity contribution in [3.05, 3.63) is 65.0 Å². The maximum atomic E-state index is 14.1. The number of para-hydroxylation sites is 1. The number of benzene rings is 2. The quantitative estimate of drug-likeness (QED) is 0.935. The summed E-state index contributed by atoms with van der Waals surface area (Å²) in [6.07, 6.45) is 1.10. The lowest BCUT2D eigenvalue weighted by atomic mass is 9.93. The summed E-state index contributed by atoms with van der Waals surface area (Å²) in [6.45, 7) is 4.25. The molecule has 1 unspecified atom stereocenters. The molecule has 3 rings (SSSR count). The molecule has 2 N–H and O–H groups in total. The van der Waals surface area contributed by atoms with Gasteiger partial charge in [0, 0.05) is 30.9 Å². The summed E-state index contributed by atoms with van der Waals surface area (Å²) in [7, 11) is 0. The van der Waals surface area contributed by atoms with Crippen LogP contribution in [0.2, 0.25) is 0 Å². The lowest BCUT2D eigenvalue weighted by molar-refractivity contribution is 0.522. The van der Waals surface area contributed by atoms with E-state index in [4.69, 9.17) is 5.73 Å². The molecule has 3 heteroatoms. The summed E-state index contributed by atoms with van der Waals surface area (Å²) in [5.74, 6) is 0.434. The van der Waals surface area contributed by atoms with Crippen LogP contribution in [-0.2, 0) is 19.5 Å². The van der Waals surface area contributed by atoms with Gasteiger partial charge in [-0.05, 0) is 41.7 Å². The Morgan fingerprint density at radius 3 is 2.86 bits per heavy atom. The van der Waals surface area contributed by atoms with Gasteiger partial charge in [-0.1, -0.05) is 31.2 Å². The van der Waals surface area contributed by atoms with E-state index in [-0.39, 0.29) is 5.82 Å². The Bertz CT molecular complexity index is 639. The van der Waals surface area contributed by atoms with Crippen molar-refractivity contribution in [2.75, 3.05) is 11.4 Å². The normalized spacial score (nSPS) is 17.7. The Labute approximate surface area is 125 Å². The first-order valence-corrected chi connectivity index (χ1v) is 7.47. The second-order valence-corrected chi connectivity index (χ2v) is 5.95. The lowest BCUT2D eigenvalue weighted by Gasteiger charge is -2.35. The summed E-state index contributed by atoms with van der Waals surface area (Å²) >= 11 is 0. The number of fused-ring (bicyclic) bond motifs is 1. The number of anilines is 1. The fourth-order valence-corrected chi connectivity index (χ4v) is 3.14. The summed E-state index contributed by atoms with van der Waals surface area (Å²) in [5.41, 5.74) is 9.95. The van der Waals surface area contributed by atoms with Gasteiger partial charge in [-0.3, -0.25) is 0 Å². The third kappa shape index (κ3) is 2.93. The molecule has 2 aromatic rings. The molecule has 0 spiro atoms. The van der Waals surface area contributed by atoms with E-state index in [2.05, 4.69) is 36.1 Å². The molecule has 0 fully saturated rings. The maximum Gasteiger partial charge on any atom is 0.128 e. The first kappa shape index (κ1) is 14.1. The van der Waals surface area contributed by atoms with E-state index in [1.807, 2.05) is 6.07 Å². The first-order chi connectivity index (χ1) is 10.2. The van der Waals surface area contributed by atoms with E-state index >= 15 is 0 Å². The van der Waals surface area contributed by atoms with Crippen molar-refractivity contribution in [1.82, 2.24) is 0 Å². The van der Waals surface area contributed by atoms with Crippen LogP contribution < -0.4 is 10.6 Å². The summed E-state index contributed by atoms with van der Waals surface area (Å²) < 4.78 is 14.1. The second-order valence-electron chi connectivity index (χ2n) is 5.95. The zero-order chi connectivity index (χ0) is 14.8. The highest BCUT2D eigenvalue weighted by atomic mass is 19.1. The number of nitrogens with two attached hydrogens (primary N) is 1. The summed E-state index contributed by atoms with van der Waals surface area (Å²) in [6, 6.07) is 13.6. The zero-order valence-electron chi connectivity index (χ0n) is 12.3. The molecule has 21 heavy (non-hydrogen) atoms. The predicted molar refractivity (Wildman–Crippen MR) is 84.7 cm³/mol. The first-order valence-electron chi connectivity index (χ1n) is 7.47. The molecule has 0 bridgehead atoms. The fraction of sp³-hybridized carbons (Fsp3) is 0.333. The molecule has 0 amide bonds. The Kier molecular flexibility index (Phi) is 3.93. The summed E-state index contributed by atoms with van der Waals surface area (Å²) in [4.78, 5) is 2.28. The van der Waals surface area contributed by atoms with Gasteiger partial charge in [-0.15, -0.1) is 0 Å². The number of rotatable bonds is 3. The van der Waals surface area contributed by atoms with Crippen LogP contribution in [-0.4, -0.2) is 6.54 Å². The van der Waals surface area contributed by atoms with Gasteiger partial charge in [0.15, 0.2) is 0 Å². The van der Waals surface area contributed by atoms with Crippen molar-refractivity contribution >= 4 is 5.69 Å². The second kappa shape index (κ2) is 5.86. The third-order valence-electron chi connectivity index (χ3n) is 4.14. The van der Waals surface area contributed by atoms with Crippen LogP contribution in [0, 0.1) is 11.7 Å². The van der Waals surface area contributed by atoms with Gasteiger partial charge in [0.1, 0.15) is 5.82 Å². The van der Waals surface area contributed by atoms with Gasteiger partial charge in [-0.2, -0.15) is 0 Å². The third-order valence-corrected chi connectivity index (χ3v) is 4.14. The number of hydrogen-bond donors (Lipinski definition) is 1. The Balaban J connectivity index is 1.91. The Morgan fingerprint density at radius 2 is 2.05 bits per heavy atom. The van der Waals surface area contributed by atoms with Gasteiger partial charge < -0.3 is 10.6 Å². The van der Waals surface area contributed by atoms with E-state index in [9.17, 15) is 4.39 Å². The summed E-state index contributed by atoms with van der Waals surface area (Å²) in [5, 5.41) is 0. The van der Waals surface area contributed by atoms with Crippen molar-refractivity contribution < 1.29 is 4.39 Å². The van der Waals surface area contributed by atoms with Gasteiger partial charge in [0.2, 0.25) is 0 Å². The van der Waals surface area contributed by atoms with Gasteiger partial charge in [-0.25, -0.2) is 4.39 Å². The van der Waals surface area contributed by atoms with Crippen LogP contribution >= 0.6 is 0 Å². The van der Waals surface area contributed by atoms with Crippen LogP contribution in [0.5, 0.6) is 0 Å². The van der Waals surface area contributed by atoms with E-state index in [0.717, 1.165) is 24.1 Å². The van der Waals surface area contributed by atoms with Crippen molar-refractivity contribution in [3.63, 3.8) is 0 Å². The highest BCUT2D eigenvalue weighted by Crippen LogP contribution is 2.31. The van der Waals surface area contributed by atoms with E-state index in [1.165, 1.54) is 17.3 Å². The largest absolute Gasteiger partial charge is 0.367 e. The lowest BCUT2D eigenvalue weighted by Crippen LogP contribution is -2.34. The van der Waals surface area contributed by atoms with Crippen molar-refractivity contribution in [1.29, 1.82) is 0 Å². The molecule has 110 valence electrons. The van der Waals surface area contributed by atoms with Gasteiger partial charge in [0.25, 0.3) is 0 Å². The molecule has 0 radical (unpaired) electrons. The van der Waals surface area contributed by atoms with E-state index < -0.39 is 0 Å². The highest BCUT2D eigenvalue weighted by molar-refractivity contribution is 5.56. The topological polar surface area (TPSA) is 29.3 Å². The molecule has 1 aliphatic rings. The number of halogens is 1. The van der Waals surface area contributed by atoms with Crippen molar-refractivity contribution in [3.8, 4) is 0 Å². The molecule has 0 saturated carbocycles. The molecule has 1 atom stereocenters. The molecule has 2 nitrogen and oxygen atoms in total. The Morgan fingerprint density at radius 1 is 1.24 bits per heavy atom. The SMILES string of the molecule is CC1Cc2ccccc2N(Cc2cc(CN)ccc2F)C1. The predicted octanol–water partition coefficient (Wildman–Crippen LogP) is 3.48. The minimum Gasteiger partial charge on any atom is -0.367 e. The van der Waals surface area contributed by atoms with E-state index in [1.54, 1.807) is 6.07 Å². The molecule has 0 aromatic heterocycles. The average molecular weight is 284 g/mol. The number of hydrogen-bond acceptors (Lipinski definition) is 2. The number of nitrogens with zero attached hydrogens (tertiary/aromatic N) is 1. The highest BCUT2D eigenvalue weighted by Gasteiger charge is 2.22. The van der Waals surface area contributed by atoms with Crippen LogP contribution in [0.3, 0.4) is 0 Å². The zero-order valence-corrected chi connectivity index (χ0v) is 12.3. The Hall–Kier alpha value is -1.87. The minimum atomic E-state index is -0.150. The maximum absolute atomic E-state index is 14.1. The van der Waals surface area contributed by atoms with Crippen LogP contribution in [0.4, 0.5) is 10.1 Å². The van der Waals surface area contributed by atoms with Gasteiger partial charge in [0.05, 0.1) is 0 Å². The van der Waals surface area contributed by atoms with Crippen molar-refractivity contribution in [2.45, 2.75) is 26.4 Å². The van der Waals surface area contributed by atoms with Crippen LogP contribution in [0.1, 0.15) is 23.6 Å². The van der Waals surface area contributed by atoms with Crippen LogP contribution in [0.15, 0.2) is 42.5 Å². The fourth-order valence-electron chi connectivity index (χ4n) is 3.14. The smallest absolute Gasteiger partial charge is 0.128 e. The molecule has 0 saturated heterocycles. The molecular weight excluding hydrogens is 263 g/mol. The van der Waals surface area contributed by atoms with Crippen molar-refractivity contribution in [2.24, 2.45) is 11.7 Å². The minimum absolute atomic E-state index is 0.150. The standard InChI is InChI=1S/C18H21FN2/c1-13-8-15-4-2-3-5-18(15)21(11-13)12-16-9-14(10-20)6-7-17(16)19/h2-7,9,13H,8,10-12,20H2,1H3. The van der Waals surface area contributed by atoms with Gasteiger partial charge >= 0.3 is 0 Å². The molecule has 1 heterocycles. The average Bonchev–Trinajstić information content (AvgIpc) is 2.49.